The maximum Gasteiger partial charge on any atom is 0.231 e. The fraction of sp³-hybridized carbons (Fsp3) is 0.533. The number of anilines is 1. The number of amides is 1. The summed E-state index contributed by atoms with van der Waals surface area (Å²) in [5, 5.41) is 10.5. The molecule has 0 bridgehead atoms. The topological polar surface area (TPSA) is 49.8 Å². The Hall–Kier alpha value is -1.39. The van der Waals surface area contributed by atoms with Crippen molar-refractivity contribution in [2.24, 2.45) is 0 Å². The van der Waals surface area contributed by atoms with Crippen molar-refractivity contribution in [3.05, 3.63) is 29.3 Å². The average Bonchev–Trinajstić information content (AvgIpc) is 2.95. The van der Waals surface area contributed by atoms with Crippen LogP contribution in [0, 0.1) is 0 Å². The summed E-state index contributed by atoms with van der Waals surface area (Å²) in [6, 6.07) is 5.75. The van der Waals surface area contributed by atoms with Gasteiger partial charge in [-0.05, 0) is 37.0 Å². The fourth-order valence-corrected chi connectivity index (χ4v) is 3.03. The summed E-state index contributed by atoms with van der Waals surface area (Å²) in [6.07, 6.45) is 1.63. The Labute approximate surface area is 113 Å². The van der Waals surface area contributed by atoms with E-state index in [2.05, 4.69) is 0 Å². The van der Waals surface area contributed by atoms with Gasteiger partial charge in [-0.3, -0.25) is 4.79 Å². The van der Waals surface area contributed by atoms with E-state index in [1.807, 2.05) is 25.1 Å². The molecule has 2 atom stereocenters. The van der Waals surface area contributed by atoms with Gasteiger partial charge in [-0.15, -0.1) is 0 Å². The van der Waals surface area contributed by atoms with Crippen LogP contribution in [0.25, 0.3) is 0 Å². The highest BCUT2D eigenvalue weighted by atomic mass is 16.5. The van der Waals surface area contributed by atoms with Crippen LogP contribution >= 0.6 is 0 Å². The highest BCUT2D eigenvalue weighted by Crippen LogP contribution is 2.39. The zero-order valence-corrected chi connectivity index (χ0v) is 11.3. The van der Waals surface area contributed by atoms with Crippen LogP contribution in [0.2, 0.25) is 0 Å². The first-order chi connectivity index (χ1) is 9.01. The Balaban J connectivity index is 1.91. The number of ether oxygens (including phenoxy) is 1. The quantitative estimate of drug-likeness (QED) is 0.883. The summed E-state index contributed by atoms with van der Waals surface area (Å²) in [5.41, 5.74) is 2.28. The van der Waals surface area contributed by atoms with Crippen LogP contribution in [0.15, 0.2) is 18.2 Å². The van der Waals surface area contributed by atoms with E-state index in [-0.39, 0.29) is 5.91 Å². The van der Waals surface area contributed by atoms with E-state index in [4.69, 9.17) is 4.74 Å². The molecule has 1 fully saturated rings. The number of likely N-dealkylation sites (N-methyl/N-ethyl adjacent to an activating group) is 1. The molecular formula is C15H19NO3. The average molecular weight is 261 g/mol. The third kappa shape index (κ3) is 1.95. The normalized spacial score (nSPS) is 27.7. The highest BCUT2D eigenvalue weighted by Gasteiger charge is 2.38. The van der Waals surface area contributed by atoms with Crippen LogP contribution in [-0.4, -0.2) is 30.3 Å². The van der Waals surface area contributed by atoms with Gasteiger partial charge in [0.05, 0.1) is 12.0 Å². The molecule has 4 heteroatoms. The van der Waals surface area contributed by atoms with Gasteiger partial charge in [0, 0.05) is 19.3 Å². The predicted octanol–water partition coefficient (Wildman–Crippen LogP) is 1.81. The van der Waals surface area contributed by atoms with Crippen molar-refractivity contribution in [2.45, 2.75) is 37.9 Å². The van der Waals surface area contributed by atoms with Gasteiger partial charge >= 0.3 is 0 Å². The van der Waals surface area contributed by atoms with Crippen molar-refractivity contribution in [3.8, 4) is 0 Å². The lowest BCUT2D eigenvalue weighted by Gasteiger charge is -2.29. The molecule has 1 N–H and O–H groups in total. The monoisotopic (exact) mass is 261 g/mol. The number of nitrogens with zero attached hydrogens (tertiary/aromatic N) is 1. The van der Waals surface area contributed by atoms with E-state index in [0.29, 0.717) is 13.0 Å². The number of carbonyl (C=O) groups excluding carboxylic acids is 1. The van der Waals surface area contributed by atoms with Crippen LogP contribution in [0.5, 0.6) is 0 Å². The minimum atomic E-state index is -0.638. The van der Waals surface area contributed by atoms with Crippen molar-refractivity contribution in [1.29, 1.82) is 0 Å². The Morgan fingerprint density at radius 1 is 1.47 bits per heavy atom. The zero-order chi connectivity index (χ0) is 13.6. The highest BCUT2D eigenvalue weighted by molar-refractivity contribution is 6.00. The molecular weight excluding hydrogens is 242 g/mol. The summed E-state index contributed by atoms with van der Waals surface area (Å²) in [6.45, 7) is 2.66. The lowest BCUT2D eigenvalue weighted by atomic mass is 9.89. The third-order valence-electron chi connectivity index (χ3n) is 4.32. The van der Waals surface area contributed by atoms with Crippen molar-refractivity contribution in [2.75, 3.05) is 18.6 Å². The van der Waals surface area contributed by atoms with Gasteiger partial charge in [-0.25, -0.2) is 0 Å². The van der Waals surface area contributed by atoms with Crippen LogP contribution in [0.3, 0.4) is 0 Å². The smallest absolute Gasteiger partial charge is 0.231 e. The van der Waals surface area contributed by atoms with Gasteiger partial charge in [0.15, 0.2) is 0 Å². The molecule has 1 aromatic rings. The molecule has 3 rings (SSSR count). The third-order valence-corrected chi connectivity index (χ3v) is 4.32. The molecule has 19 heavy (non-hydrogen) atoms. The largest absolute Gasteiger partial charge is 0.385 e. The Morgan fingerprint density at radius 3 is 2.95 bits per heavy atom. The van der Waals surface area contributed by atoms with E-state index >= 15 is 0 Å². The molecule has 2 aliphatic heterocycles. The summed E-state index contributed by atoms with van der Waals surface area (Å²) >= 11 is 0. The molecule has 102 valence electrons. The second-order valence-corrected chi connectivity index (χ2v) is 5.68. The molecule has 4 nitrogen and oxygen atoms in total. The van der Waals surface area contributed by atoms with Gasteiger partial charge in [-0.2, -0.15) is 0 Å². The minimum Gasteiger partial charge on any atom is -0.385 e. The number of aliphatic hydroxyl groups excluding tert-OH is 1. The van der Waals surface area contributed by atoms with Crippen LogP contribution in [-0.2, 0) is 16.0 Å². The van der Waals surface area contributed by atoms with Crippen molar-refractivity contribution in [1.82, 2.24) is 0 Å². The standard InChI is InChI=1S/C15H19NO3/c1-15(6-3-7-19-15)14(18)10-4-5-12-11(8-10)9-13(17)16(12)2/h4-5,8,14,18H,3,6-7,9H2,1-2H3. The van der Waals surface area contributed by atoms with Crippen molar-refractivity contribution in [3.63, 3.8) is 0 Å². The van der Waals surface area contributed by atoms with E-state index in [9.17, 15) is 9.90 Å². The maximum atomic E-state index is 11.7. The zero-order valence-electron chi connectivity index (χ0n) is 11.3. The Morgan fingerprint density at radius 2 is 2.26 bits per heavy atom. The van der Waals surface area contributed by atoms with Crippen LogP contribution < -0.4 is 4.90 Å². The molecule has 0 spiro atoms. The molecule has 0 radical (unpaired) electrons. The number of carbonyl (C=O) groups is 1. The molecule has 1 saturated heterocycles. The first-order valence-corrected chi connectivity index (χ1v) is 6.73. The van der Waals surface area contributed by atoms with Gasteiger partial charge in [0.2, 0.25) is 5.91 Å². The molecule has 0 aliphatic carbocycles. The number of benzene rings is 1. The second kappa shape index (κ2) is 4.32. The minimum absolute atomic E-state index is 0.102. The molecule has 0 aromatic heterocycles. The number of rotatable bonds is 2. The maximum absolute atomic E-state index is 11.7. The van der Waals surface area contributed by atoms with E-state index in [0.717, 1.165) is 29.7 Å². The SMILES string of the molecule is CN1C(=O)Cc2cc(C(O)C3(C)CCCO3)ccc21. The van der Waals surface area contributed by atoms with Crippen LogP contribution in [0.4, 0.5) is 5.69 Å². The Kier molecular flexibility index (Phi) is 2.87. The van der Waals surface area contributed by atoms with Gasteiger partial charge in [-0.1, -0.05) is 12.1 Å². The van der Waals surface area contributed by atoms with Crippen molar-refractivity contribution < 1.29 is 14.6 Å². The molecule has 1 aromatic carbocycles. The number of aliphatic hydroxyl groups is 1. The van der Waals surface area contributed by atoms with Crippen LogP contribution in [0.1, 0.15) is 37.0 Å². The molecule has 2 heterocycles. The summed E-state index contributed by atoms with van der Waals surface area (Å²) in [5.74, 6) is 0.102. The molecule has 2 aliphatic rings. The first kappa shape index (κ1) is 12.6. The lowest BCUT2D eigenvalue weighted by Crippen LogP contribution is -2.31. The molecule has 0 saturated carbocycles. The number of hydrogen-bond acceptors (Lipinski definition) is 3. The summed E-state index contributed by atoms with van der Waals surface area (Å²) in [7, 11) is 1.78. The van der Waals surface area contributed by atoms with Crippen molar-refractivity contribution >= 4 is 11.6 Å². The number of hydrogen-bond donors (Lipinski definition) is 1. The second-order valence-electron chi connectivity index (χ2n) is 5.68. The predicted molar refractivity (Wildman–Crippen MR) is 72.1 cm³/mol. The fourth-order valence-electron chi connectivity index (χ4n) is 3.03. The Bertz CT molecular complexity index is 520. The van der Waals surface area contributed by atoms with E-state index < -0.39 is 11.7 Å². The summed E-state index contributed by atoms with van der Waals surface area (Å²) in [4.78, 5) is 13.3. The number of fused-ring (bicyclic) bond motifs is 1. The van der Waals surface area contributed by atoms with E-state index in [1.54, 1.807) is 11.9 Å². The first-order valence-electron chi connectivity index (χ1n) is 6.73. The summed E-state index contributed by atoms with van der Waals surface area (Å²) < 4.78 is 5.69. The lowest BCUT2D eigenvalue weighted by molar-refractivity contribution is -0.117. The molecule has 1 amide bonds. The van der Waals surface area contributed by atoms with E-state index in [1.165, 1.54) is 0 Å². The molecule has 2 unspecified atom stereocenters. The van der Waals surface area contributed by atoms with Gasteiger partial charge in [0.25, 0.3) is 0 Å². The van der Waals surface area contributed by atoms with Gasteiger partial charge < -0.3 is 14.7 Å². The van der Waals surface area contributed by atoms with Gasteiger partial charge in [0.1, 0.15) is 6.10 Å².